The number of phenols is 1. The highest BCUT2D eigenvalue weighted by Crippen LogP contribution is 2.28. The second kappa shape index (κ2) is 5.59. The zero-order valence-corrected chi connectivity index (χ0v) is 11.5. The SMILES string of the molecule is CNC1COCC1C(=O)Nc1ccc(C)c(O)c1C. The van der Waals surface area contributed by atoms with Gasteiger partial charge in [-0.3, -0.25) is 4.79 Å². The van der Waals surface area contributed by atoms with Crippen molar-refractivity contribution in [2.24, 2.45) is 5.92 Å². The topological polar surface area (TPSA) is 70.6 Å². The standard InChI is InChI=1S/C14H20N2O3/c1-8-4-5-11(9(2)13(8)17)16-14(18)10-6-19-7-12(10)15-3/h4-5,10,12,15,17H,6-7H2,1-3H3,(H,16,18). The van der Waals surface area contributed by atoms with E-state index in [0.29, 0.717) is 24.5 Å². The summed E-state index contributed by atoms with van der Waals surface area (Å²) in [7, 11) is 1.82. The average Bonchev–Trinajstić information content (AvgIpc) is 2.88. The first-order valence-electron chi connectivity index (χ1n) is 6.39. The van der Waals surface area contributed by atoms with Crippen LogP contribution in [0.15, 0.2) is 12.1 Å². The molecule has 1 aliphatic rings. The highest BCUT2D eigenvalue weighted by Gasteiger charge is 2.33. The molecule has 1 heterocycles. The second-order valence-corrected chi connectivity index (χ2v) is 4.93. The van der Waals surface area contributed by atoms with Crippen LogP contribution in [0, 0.1) is 19.8 Å². The molecule has 0 radical (unpaired) electrons. The maximum atomic E-state index is 12.2. The molecule has 1 amide bonds. The molecular weight excluding hydrogens is 244 g/mol. The summed E-state index contributed by atoms with van der Waals surface area (Å²) in [6, 6.07) is 3.64. The Balaban J connectivity index is 2.13. The third-order valence-electron chi connectivity index (χ3n) is 3.68. The number of carbonyl (C=O) groups excluding carboxylic acids is 1. The Labute approximate surface area is 113 Å². The fraction of sp³-hybridized carbons (Fsp3) is 0.500. The Morgan fingerprint density at radius 1 is 1.37 bits per heavy atom. The fourth-order valence-electron chi connectivity index (χ4n) is 2.29. The van der Waals surface area contributed by atoms with Crippen molar-refractivity contribution >= 4 is 11.6 Å². The summed E-state index contributed by atoms with van der Waals surface area (Å²) in [6.45, 7) is 4.59. The Kier molecular flexibility index (Phi) is 4.07. The predicted molar refractivity (Wildman–Crippen MR) is 73.4 cm³/mol. The highest BCUT2D eigenvalue weighted by atomic mass is 16.5. The zero-order valence-electron chi connectivity index (χ0n) is 11.5. The van der Waals surface area contributed by atoms with Crippen LogP contribution in [0.5, 0.6) is 5.75 Å². The molecule has 1 saturated heterocycles. The molecule has 1 aromatic carbocycles. The number of aromatic hydroxyl groups is 1. The van der Waals surface area contributed by atoms with Gasteiger partial charge >= 0.3 is 0 Å². The lowest BCUT2D eigenvalue weighted by Crippen LogP contribution is -2.39. The lowest BCUT2D eigenvalue weighted by Gasteiger charge is -2.18. The van der Waals surface area contributed by atoms with E-state index in [0.717, 1.165) is 5.56 Å². The average molecular weight is 264 g/mol. The smallest absolute Gasteiger partial charge is 0.231 e. The minimum absolute atomic E-state index is 0.0411. The van der Waals surface area contributed by atoms with E-state index in [1.807, 2.05) is 20.0 Å². The van der Waals surface area contributed by atoms with E-state index in [9.17, 15) is 9.90 Å². The molecule has 5 nitrogen and oxygen atoms in total. The molecule has 19 heavy (non-hydrogen) atoms. The normalized spacial score (nSPS) is 22.5. The van der Waals surface area contributed by atoms with Gasteiger partial charge in [-0.05, 0) is 32.5 Å². The van der Waals surface area contributed by atoms with Crippen LogP contribution in [0.3, 0.4) is 0 Å². The summed E-state index contributed by atoms with van der Waals surface area (Å²) >= 11 is 0. The highest BCUT2D eigenvalue weighted by molar-refractivity contribution is 5.94. The molecule has 0 aliphatic carbocycles. The number of amides is 1. The fourth-order valence-corrected chi connectivity index (χ4v) is 2.29. The lowest BCUT2D eigenvalue weighted by atomic mass is 10.0. The summed E-state index contributed by atoms with van der Waals surface area (Å²) in [6.07, 6.45) is 0. The largest absolute Gasteiger partial charge is 0.507 e. The molecule has 2 unspecified atom stereocenters. The molecule has 2 rings (SSSR count). The first-order valence-corrected chi connectivity index (χ1v) is 6.39. The van der Waals surface area contributed by atoms with Crippen LogP contribution < -0.4 is 10.6 Å². The molecule has 1 fully saturated rings. The maximum absolute atomic E-state index is 12.2. The van der Waals surface area contributed by atoms with E-state index in [2.05, 4.69) is 10.6 Å². The number of anilines is 1. The van der Waals surface area contributed by atoms with Gasteiger partial charge in [-0.15, -0.1) is 0 Å². The number of hydrogen-bond acceptors (Lipinski definition) is 4. The minimum Gasteiger partial charge on any atom is -0.507 e. The number of carbonyl (C=O) groups is 1. The quantitative estimate of drug-likeness (QED) is 0.766. The lowest BCUT2D eigenvalue weighted by molar-refractivity contribution is -0.120. The summed E-state index contributed by atoms with van der Waals surface area (Å²) in [5.41, 5.74) is 2.14. The van der Waals surface area contributed by atoms with Crippen molar-refractivity contribution in [3.05, 3.63) is 23.3 Å². The van der Waals surface area contributed by atoms with Crippen LogP contribution in [-0.4, -0.2) is 37.3 Å². The molecule has 1 aliphatic heterocycles. The number of hydrogen-bond donors (Lipinski definition) is 3. The van der Waals surface area contributed by atoms with Crippen LogP contribution in [0.4, 0.5) is 5.69 Å². The molecule has 0 saturated carbocycles. The van der Waals surface area contributed by atoms with Crippen molar-refractivity contribution in [3.8, 4) is 5.75 Å². The Hall–Kier alpha value is -1.59. The molecular formula is C14H20N2O3. The van der Waals surface area contributed by atoms with Gasteiger partial charge in [0.15, 0.2) is 0 Å². The van der Waals surface area contributed by atoms with Crippen LogP contribution in [0.2, 0.25) is 0 Å². The molecule has 2 atom stereocenters. The van der Waals surface area contributed by atoms with E-state index in [-0.39, 0.29) is 23.6 Å². The van der Waals surface area contributed by atoms with Gasteiger partial charge < -0.3 is 20.5 Å². The number of benzene rings is 1. The summed E-state index contributed by atoms with van der Waals surface area (Å²) in [5.74, 6) is -0.0540. The van der Waals surface area contributed by atoms with Crippen LogP contribution in [0.25, 0.3) is 0 Å². The first-order chi connectivity index (χ1) is 9.04. The summed E-state index contributed by atoms with van der Waals surface area (Å²) in [5, 5.41) is 15.8. The van der Waals surface area contributed by atoms with Crippen molar-refractivity contribution in [1.82, 2.24) is 5.32 Å². The van der Waals surface area contributed by atoms with Crippen molar-refractivity contribution in [1.29, 1.82) is 0 Å². The third kappa shape index (κ3) is 2.72. The van der Waals surface area contributed by atoms with E-state index in [1.165, 1.54) is 0 Å². The van der Waals surface area contributed by atoms with Gasteiger partial charge in [0.2, 0.25) is 5.91 Å². The summed E-state index contributed by atoms with van der Waals surface area (Å²) in [4.78, 5) is 12.2. The first kappa shape index (κ1) is 13.8. The molecule has 3 N–H and O–H groups in total. The van der Waals surface area contributed by atoms with E-state index in [4.69, 9.17) is 4.74 Å². The minimum atomic E-state index is -0.201. The Bertz CT molecular complexity index is 488. The number of likely N-dealkylation sites (N-methyl/N-ethyl adjacent to an activating group) is 1. The third-order valence-corrected chi connectivity index (χ3v) is 3.68. The summed E-state index contributed by atoms with van der Waals surface area (Å²) < 4.78 is 5.32. The monoisotopic (exact) mass is 264 g/mol. The maximum Gasteiger partial charge on any atom is 0.231 e. The van der Waals surface area contributed by atoms with Gasteiger partial charge in [0.1, 0.15) is 5.75 Å². The Morgan fingerprint density at radius 2 is 2.11 bits per heavy atom. The van der Waals surface area contributed by atoms with Gasteiger partial charge in [0, 0.05) is 17.3 Å². The molecule has 104 valence electrons. The number of rotatable bonds is 3. The predicted octanol–water partition coefficient (Wildman–Crippen LogP) is 1.18. The van der Waals surface area contributed by atoms with Crippen LogP contribution in [0.1, 0.15) is 11.1 Å². The molecule has 0 aromatic heterocycles. The van der Waals surface area contributed by atoms with E-state index >= 15 is 0 Å². The molecule has 5 heteroatoms. The van der Waals surface area contributed by atoms with Crippen molar-refractivity contribution in [3.63, 3.8) is 0 Å². The molecule has 0 bridgehead atoms. The van der Waals surface area contributed by atoms with Crippen molar-refractivity contribution in [2.45, 2.75) is 19.9 Å². The van der Waals surface area contributed by atoms with Gasteiger partial charge in [0.25, 0.3) is 0 Å². The second-order valence-electron chi connectivity index (χ2n) is 4.93. The number of aryl methyl sites for hydroxylation is 1. The number of ether oxygens (including phenoxy) is 1. The molecule has 0 spiro atoms. The Morgan fingerprint density at radius 3 is 2.79 bits per heavy atom. The van der Waals surface area contributed by atoms with Crippen molar-refractivity contribution < 1.29 is 14.6 Å². The van der Waals surface area contributed by atoms with Crippen molar-refractivity contribution in [2.75, 3.05) is 25.6 Å². The van der Waals surface area contributed by atoms with Gasteiger partial charge in [-0.1, -0.05) is 6.07 Å². The number of nitrogens with one attached hydrogen (secondary N) is 2. The van der Waals surface area contributed by atoms with Gasteiger partial charge in [-0.2, -0.15) is 0 Å². The van der Waals surface area contributed by atoms with E-state index < -0.39 is 0 Å². The van der Waals surface area contributed by atoms with Crippen LogP contribution in [-0.2, 0) is 9.53 Å². The van der Waals surface area contributed by atoms with E-state index in [1.54, 1.807) is 13.0 Å². The zero-order chi connectivity index (χ0) is 14.0. The van der Waals surface area contributed by atoms with Gasteiger partial charge in [0.05, 0.1) is 19.1 Å². The number of phenolic OH excluding ortho intramolecular Hbond substituents is 1. The van der Waals surface area contributed by atoms with Gasteiger partial charge in [-0.25, -0.2) is 0 Å². The molecule has 1 aromatic rings. The van der Waals surface area contributed by atoms with Crippen LogP contribution >= 0.6 is 0 Å².